The lowest BCUT2D eigenvalue weighted by molar-refractivity contribution is -0.161. The number of rotatable bonds is 80. The lowest BCUT2D eigenvalue weighted by Gasteiger charge is -2.21. The first-order valence-electron chi connectivity index (χ1n) is 41.6. The maximum Gasteiger partial charge on any atom is 0.472 e. The Kier molecular flexibility index (Phi) is 71.6. The Hall–Kier alpha value is -1.94. The van der Waals surface area contributed by atoms with Crippen molar-refractivity contribution in [3.63, 3.8) is 0 Å². The quantitative estimate of drug-likeness (QED) is 0.0222. The molecule has 0 aliphatic carbocycles. The van der Waals surface area contributed by atoms with Gasteiger partial charge in [-0.2, -0.15) is 0 Å². The molecule has 0 aliphatic heterocycles. The van der Waals surface area contributed by atoms with Gasteiger partial charge < -0.3 is 33.8 Å². The SMILES string of the molecule is CCCCCCCCCCCCCCCCCCCCCC(=O)O[C@H](COC(=O)CCCCCCCCCCCCCCC(C)C)COP(=O)(O)OC[C@@H](O)COP(=O)(O)OC[C@@H](COC(=O)CCCCCCCCCCCCCC)OC(=O)CCCCCCCCCCCCCCC. The molecule has 0 heterocycles. The highest BCUT2D eigenvalue weighted by Gasteiger charge is 2.30. The van der Waals surface area contributed by atoms with Crippen molar-refractivity contribution in [2.75, 3.05) is 39.6 Å². The summed E-state index contributed by atoms with van der Waals surface area (Å²) in [5.41, 5.74) is 0. The fourth-order valence-corrected chi connectivity index (χ4v) is 14.0. The van der Waals surface area contributed by atoms with E-state index in [1.54, 1.807) is 0 Å². The number of hydrogen-bond donors (Lipinski definition) is 3. The number of aliphatic hydroxyl groups is 1. The van der Waals surface area contributed by atoms with Crippen molar-refractivity contribution in [3.8, 4) is 0 Å². The van der Waals surface area contributed by atoms with Crippen molar-refractivity contribution in [1.29, 1.82) is 0 Å². The summed E-state index contributed by atoms with van der Waals surface area (Å²) in [7, 11) is -9.92. The Morgan fingerprint density at radius 1 is 0.273 bits per heavy atom. The zero-order valence-corrected chi connectivity index (χ0v) is 66.4. The Bertz CT molecular complexity index is 1890. The average molecular weight is 1450 g/mol. The molecule has 0 spiro atoms. The van der Waals surface area contributed by atoms with Gasteiger partial charge in [-0.15, -0.1) is 0 Å². The molecule has 0 saturated heterocycles. The van der Waals surface area contributed by atoms with Crippen LogP contribution in [0.4, 0.5) is 0 Å². The van der Waals surface area contributed by atoms with Crippen molar-refractivity contribution >= 4 is 39.5 Å². The largest absolute Gasteiger partial charge is 0.472 e. The first-order chi connectivity index (χ1) is 48.0. The molecule has 0 aromatic heterocycles. The highest BCUT2D eigenvalue weighted by atomic mass is 31.2. The van der Waals surface area contributed by atoms with E-state index in [1.165, 1.54) is 250 Å². The molecule has 99 heavy (non-hydrogen) atoms. The lowest BCUT2D eigenvalue weighted by atomic mass is 10.0. The fraction of sp³-hybridized carbons (Fsp3) is 0.950. The Morgan fingerprint density at radius 3 is 0.687 bits per heavy atom. The van der Waals surface area contributed by atoms with Crippen LogP contribution in [0.2, 0.25) is 0 Å². The van der Waals surface area contributed by atoms with E-state index in [9.17, 15) is 43.2 Å². The molecule has 2 unspecified atom stereocenters. The number of carbonyl (C=O) groups excluding carboxylic acids is 4. The van der Waals surface area contributed by atoms with Gasteiger partial charge in [-0.05, 0) is 31.6 Å². The molecule has 0 aliphatic rings. The van der Waals surface area contributed by atoms with Gasteiger partial charge in [0.1, 0.15) is 19.3 Å². The number of phosphoric acid groups is 2. The first kappa shape index (κ1) is 97.1. The Morgan fingerprint density at radius 2 is 0.465 bits per heavy atom. The van der Waals surface area contributed by atoms with Gasteiger partial charge in [0, 0.05) is 25.7 Å². The predicted molar refractivity (Wildman–Crippen MR) is 405 cm³/mol. The topological polar surface area (TPSA) is 237 Å². The minimum Gasteiger partial charge on any atom is -0.462 e. The maximum absolute atomic E-state index is 13.1. The van der Waals surface area contributed by atoms with E-state index < -0.39 is 97.5 Å². The van der Waals surface area contributed by atoms with Crippen molar-refractivity contribution in [2.24, 2.45) is 5.92 Å². The predicted octanol–water partition coefficient (Wildman–Crippen LogP) is 24.0. The summed E-state index contributed by atoms with van der Waals surface area (Å²) in [4.78, 5) is 73.0. The fourth-order valence-electron chi connectivity index (χ4n) is 12.4. The highest BCUT2D eigenvalue weighted by molar-refractivity contribution is 7.47. The second-order valence-electron chi connectivity index (χ2n) is 29.3. The number of unbranched alkanes of at least 4 members (excludes halogenated alkanes) is 52. The molecular formula is C80H156O17P2. The molecule has 0 radical (unpaired) electrons. The van der Waals surface area contributed by atoms with Gasteiger partial charge in [0.05, 0.1) is 26.4 Å². The summed E-state index contributed by atoms with van der Waals surface area (Å²) >= 11 is 0. The van der Waals surface area contributed by atoms with Gasteiger partial charge in [0.15, 0.2) is 12.2 Å². The van der Waals surface area contributed by atoms with Gasteiger partial charge in [-0.25, -0.2) is 9.13 Å². The normalized spacial score (nSPS) is 13.9. The lowest BCUT2D eigenvalue weighted by Crippen LogP contribution is -2.30. The average Bonchev–Trinajstić information content (AvgIpc) is 1.03. The van der Waals surface area contributed by atoms with E-state index >= 15 is 0 Å². The van der Waals surface area contributed by atoms with Crippen LogP contribution in [0.5, 0.6) is 0 Å². The zero-order valence-electron chi connectivity index (χ0n) is 64.6. The number of hydrogen-bond acceptors (Lipinski definition) is 15. The number of aliphatic hydroxyl groups excluding tert-OH is 1. The second kappa shape index (κ2) is 73.0. The first-order valence-corrected chi connectivity index (χ1v) is 44.6. The molecule has 588 valence electrons. The molecule has 0 fully saturated rings. The van der Waals surface area contributed by atoms with E-state index in [2.05, 4.69) is 34.6 Å². The number of esters is 4. The van der Waals surface area contributed by atoms with Crippen molar-refractivity contribution in [3.05, 3.63) is 0 Å². The zero-order chi connectivity index (χ0) is 72.7. The summed E-state index contributed by atoms with van der Waals surface area (Å²) in [6, 6.07) is 0. The van der Waals surface area contributed by atoms with E-state index in [1.807, 2.05) is 0 Å². The maximum atomic E-state index is 13.1. The minimum absolute atomic E-state index is 0.108. The van der Waals surface area contributed by atoms with Gasteiger partial charge >= 0.3 is 39.5 Å². The third kappa shape index (κ3) is 74.1. The molecular weight excluding hydrogens is 1290 g/mol. The van der Waals surface area contributed by atoms with E-state index in [4.69, 9.17) is 37.0 Å². The Balaban J connectivity index is 5.25. The smallest absolute Gasteiger partial charge is 0.462 e. The van der Waals surface area contributed by atoms with Gasteiger partial charge in [0.25, 0.3) is 0 Å². The van der Waals surface area contributed by atoms with E-state index in [-0.39, 0.29) is 25.7 Å². The molecule has 19 heteroatoms. The number of carbonyl (C=O) groups is 4. The number of ether oxygens (including phenoxy) is 4. The molecule has 0 saturated carbocycles. The van der Waals surface area contributed by atoms with Crippen LogP contribution >= 0.6 is 15.6 Å². The standard InChI is InChI=1S/C80H156O17P2/c1-6-9-12-15-18-21-24-27-28-29-30-31-32-34-41-46-51-56-61-66-80(85)97-76(70-91-78(83)64-59-54-49-44-39-36-35-37-42-47-52-57-62-73(4)5)72-95-99(88,89)93-68-74(81)67-92-98(86,87)94-71-75(69-90-77(82)63-58-53-48-43-38-26-23-20-17-14-11-8-3)96-79(84)65-60-55-50-45-40-33-25-22-19-16-13-10-7-2/h73-76,81H,6-72H2,1-5H3,(H,86,87)(H,88,89)/t74-,75+,76+/m0/s1. The van der Waals surface area contributed by atoms with Gasteiger partial charge in [-0.1, -0.05) is 375 Å². The third-order valence-electron chi connectivity index (χ3n) is 18.8. The monoisotopic (exact) mass is 1450 g/mol. The van der Waals surface area contributed by atoms with Crippen LogP contribution in [0.25, 0.3) is 0 Å². The Labute approximate surface area is 607 Å². The molecule has 0 amide bonds. The molecule has 3 N–H and O–H groups in total. The van der Waals surface area contributed by atoms with Crippen molar-refractivity contribution < 1.29 is 80.2 Å². The molecule has 0 aromatic rings. The van der Waals surface area contributed by atoms with Crippen LogP contribution < -0.4 is 0 Å². The summed E-state index contributed by atoms with van der Waals surface area (Å²) in [6.45, 7) is 7.34. The van der Waals surface area contributed by atoms with Crippen LogP contribution in [0.3, 0.4) is 0 Å². The van der Waals surface area contributed by atoms with E-state index in [0.717, 1.165) is 95.8 Å². The van der Waals surface area contributed by atoms with Crippen LogP contribution in [-0.2, 0) is 65.4 Å². The van der Waals surface area contributed by atoms with E-state index in [0.29, 0.717) is 25.7 Å². The van der Waals surface area contributed by atoms with Crippen LogP contribution in [0, 0.1) is 5.92 Å². The van der Waals surface area contributed by atoms with Crippen molar-refractivity contribution in [2.45, 2.75) is 445 Å². The van der Waals surface area contributed by atoms with Gasteiger partial charge in [-0.3, -0.25) is 37.3 Å². The second-order valence-corrected chi connectivity index (χ2v) is 32.2. The number of phosphoric ester groups is 2. The molecule has 0 bridgehead atoms. The molecule has 0 aromatic carbocycles. The van der Waals surface area contributed by atoms with Crippen LogP contribution in [-0.4, -0.2) is 96.7 Å². The minimum atomic E-state index is -4.96. The summed E-state index contributed by atoms with van der Waals surface area (Å²) in [5.74, 6) is -1.32. The molecule has 5 atom stereocenters. The van der Waals surface area contributed by atoms with Crippen LogP contribution in [0.1, 0.15) is 426 Å². The van der Waals surface area contributed by atoms with Crippen LogP contribution in [0.15, 0.2) is 0 Å². The highest BCUT2D eigenvalue weighted by Crippen LogP contribution is 2.45. The molecule has 17 nitrogen and oxygen atoms in total. The molecule has 0 rings (SSSR count). The summed E-state index contributed by atoms with van der Waals surface area (Å²) < 4.78 is 68.7. The third-order valence-corrected chi connectivity index (χ3v) is 20.7. The summed E-state index contributed by atoms with van der Waals surface area (Å²) in [5, 5.41) is 10.6. The summed E-state index contributed by atoms with van der Waals surface area (Å²) in [6.07, 6.45) is 63.7. The van der Waals surface area contributed by atoms with Gasteiger partial charge in [0.2, 0.25) is 0 Å². The van der Waals surface area contributed by atoms with Crippen molar-refractivity contribution in [1.82, 2.24) is 0 Å².